The normalized spacial score (nSPS) is 19.2. The highest BCUT2D eigenvalue weighted by Crippen LogP contribution is 2.30. The number of nitrogens with one attached hydrogen (secondary N) is 1. The number of aryl methyl sites for hydroxylation is 1. The van der Waals surface area contributed by atoms with Crippen LogP contribution >= 0.6 is 0 Å². The zero-order valence-electron chi connectivity index (χ0n) is 17.0. The summed E-state index contributed by atoms with van der Waals surface area (Å²) >= 11 is 0. The predicted octanol–water partition coefficient (Wildman–Crippen LogP) is 1.51. The number of hydrogen-bond acceptors (Lipinski definition) is 4. The average Bonchev–Trinajstić information content (AvgIpc) is 3.34. The molecule has 154 valence electrons. The van der Waals surface area contributed by atoms with Crippen molar-refractivity contribution < 1.29 is 9.59 Å². The second kappa shape index (κ2) is 8.37. The number of benzene rings is 1. The fourth-order valence-electron chi connectivity index (χ4n) is 4.38. The molecule has 2 aliphatic heterocycles. The van der Waals surface area contributed by atoms with Crippen LogP contribution in [0.15, 0.2) is 42.7 Å². The van der Waals surface area contributed by atoms with E-state index in [1.54, 1.807) is 6.20 Å². The van der Waals surface area contributed by atoms with Crippen molar-refractivity contribution >= 4 is 11.8 Å². The lowest BCUT2D eigenvalue weighted by molar-refractivity contribution is -0.144. The third kappa shape index (κ3) is 3.79. The van der Waals surface area contributed by atoms with Gasteiger partial charge < -0.3 is 15.1 Å². The van der Waals surface area contributed by atoms with Gasteiger partial charge in [0.1, 0.15) is 5.54 Å². The molecule has 2 fully saturated rings. The predicted molar refractivity (Wildman–Crippen MR) is 111 cm³/mol. The lowest BCUT2D eigenvalue weighted by Gasteiger charge is -2.43. The first-order valence-electron chi connectivity index (χ1n) is 10.5. The Balaban J connectivity index is 1.43. The molecular weight excluding hydrogens is 366 g/mol. The summed E-state index contributed by atoms with van der Waals surface area (Å²) in [7, 11) is 0. The zero-order valence-corrected chi connectivity index (χ0v) is 17.0. The molecule has 0 spiro atoms. The molecule has 2 aromatic rings. The molecule has 0 aliphatic carbocycles. The van der Waals surface area contributed by atoms with Crippen molar-refractivity contribution in [3.63, 3.8) is 0 Å². The fourth-order valence-corrected chi connectivity index (χ4v) is 4.38. The highest BCUT2D eigenvalue weighted by Gasteiger charge is 2.45. The molecular formula is C22H29N5O2. The maximum atomic E-state index is 13.5. The molecule has 3 heterocycles. The van der Waals surface area contributed by atoms with E-state index in [4.69, 9.17) is 0 Å². The largest absolute Gasteiger partial charge is 0.337 e. The molecule has 1 N–H and O–H groups in total. The lowest BCUT2D eigenvalue weighted by Crippen LogP contribution is -2.59. The summed E-state index contributed by atoms with van der Waals surface area (Å²) in [5, 5.41) is 7.74. The van der Waals surface area contributed by atoms with Crippen molar-refractivity contribution in [3.8, 4) is 0 Å². The van der Waals surface area contributed by atoms with Gasteiger partial charge >= 0.3 is 0 Å². The average molecular weight is 396 g/mol. The second-order valence-corrected chi connectivity index (χ2v) is 7.87. The molecule has 0 unspecified atom stereocenters. The van der Waals surface area contributed by atoms with Crippen molar-refractivity contribution in [1.29, 1.82) is 0 Å². The highest BCUT2D eigenvalue weighted by atomic mass is 16.2. The maximum Gasteiger partial charge on any atom is 0.253 e. The first-order chi connectivity index (χ1) is 14.1. The number of piperazine rings is 1. The van der Waals surface area contributed by atoms with Crippen LogP contribution in [-0.4, -0.2) is 70.7 Å². The monoisotopic (exact) mass is 395 g/mol. The number of piperidine rings is 1. The van der Waals surface area contributed by atoms with Crippen LogP contribution in [0.2, 0.25) is 0 Å². The maximum absolute atomic E-state index is 13.5. The minimum absolute atomic E-state index is 0.0448. The van der Waals surface area contributed by atoms with Gasteiger partial charge in [0.15, 0.2) is 0 Å². The van der Waals surface area contributed by atoms with Crippen LogP contribution in [0.4, 0.5) is 0 Å². The van der Waals surface area contributed by atoms with E-state index in [0.717, 1.165) is 32.4 Å². The molecule has 2 aliphatic rings. The number of amides is 2. The summed E-state index contributed by atoms with van der Waals surface area (Å²) in [6.07, 6.45) is 6.05. The highest BCUT2D eigenvalue weighted by molar-refractivity contribution is 5.94. The number of carbonyl (C=O) groups is 2. The van der Waals surface area contributed by atoms with Gasteiger partial charge in [0.25, 0.3) is 11.8 Å². The summed E-state index contributed by atoms with van der Waals surface area (Å²) in [5.74, 6) is 0.172. The fraction of sp³-hybridized carbons (Fsp3) is 0.500. The smallest absolute Gasteiger partial charge is 0.253 e. The van der Waals surface area contributed by atoms with Crippen LogP contribution in [0.25, 0.3) is 0 Å². The summed E-state index contributed by atoms with van der Waals surface area (Å²) < 4.78 is 1.84. The first kappa shape index (κ1) is 19.6. The van der Waals surface area contributed by atoms with Gasteiger partial charge in [0, 0.05) is 44.1 Å². The molecule has 0 saturated carbocycles. The minimum atomic E-state index is -0.614. The van der Waals surface area contributed by atoms with E-state index in [2.05, 4.69) is 17.3 Å². The number of carbonyl (C=O) groups excluding carboxylic acids is 2. The summed E-state index contributed by atoms with van der Waals surface area (Å²) in [4.78, 5) is 30.1. The van der Waals surface area contributed by atoms with E-state index in [1.807, 2.05) is 51.0 Å². The Hall–Kier alpha value is -2.67. The topological polar surface area (TPSA) is 70.5 Å². The van der Waals surface area contributed by atoms with Gasteiger partial charge in [0.2, 0.25) is 0 Å². The van der Waals surface area contributed by atoms with Gasteiger partial charge in [-0.2, -0.15) is 5.10 Å². The summed E-state index contributed by atoms with van der Waals surface area (Å²) in [6.45, 7) is 5.96. The van der Waals surface area contributed by atoms with Crippen LogP contribution in [-0.2, 0) is 16.8 Å². The molecule has 7 heteroatoms. The molecule has 0 radical (unpaired) electrons. The van der Waals surface area contributed by atoms with Gasteiger partial charge in [0.05, 0.1) is 0 Å². The van der Waals surface area contributed by atoms with Gasteiger partial charge in [-0.05, 0) is 56.1 Å². The molecule has 29 heavy (non-hydrogen) atoms. The quantitative estimate of drug-likeness (QED) is 0.852. The molecule has 2 amide bonds. The van der Waals surface area contributed by atoms with E-state index >= 15 is 0 Å². The molecule has 2 saturated heterocycles. The molecule has 0 bridgehead atoms. The Morgan fingerprint density at radius 2 is 1.69 bits per heavy atom. The Kier molecular flexibility index (Phi) is 5.67. The molecule has 7 nitrogen and oxygen atoms in total. The third-order valence-corrected chi connectivity index (χ3v) is 6.23. The SMILES string of the molecule is CCc1ccc(C(=O)N2CCN(C(=O)C3(n4cccn4)CCNCC3)CC2)cc1. The van der Waals surface area contributed by atoms with Crippen molar-refractivity contribution in [2.24, 2.45) is 0 Å². The Bertz CT molecular complexity index is 833. The first-order valence-corrected chi connectivity index (χ1v) is 10.5. The van der Waals surface area contributed by atoms with E-state index in [-0.39, 0.29) is 11.8 Å². The second-order valence-electron chi connectivity index (χ2n) is 7.87. The number of hydrogen-bond donors (Lipinski definition) is 1. The molecule has 4 rings (SSSR count). The zero-order chi connectivity index (χ0) is 20.3. The number of rotatable bonds is 4. The van der Waals surface area contributed by atoms with Crippen LogP contribution in [0.5, 0.6) is 0 Å². The van der Waals surface area contributed by atoms with E-state index in [1.165, 1.54) is 5.56 Å². The van der Waals surface area contributed by atoms with Crippen LogP contribution < -0.4 is 5.32 Å². The Morgan fingerprint density at radius 3 is 2.28 bits per heavy atom. The van der Waals surface area contributed by atoms with Crippen molar-refractivity contribution in [2.45, 2.75) is 31.7 Å². The Labute approximate surface area is 171 Å². The van der Waals surface area contributed by atoms with Gasteiger partial charge in [-0.15, -0.1) is 0 Å². The van der Waals surface area contributed by atoms with E-state index < -0.39 is 5.54 Å². The van der Waals surface area contributed by atoms with E-state index in [9.17, 15) is 9.59 Å². The third-order valence-electron chi connectivity index (χ3n) is 6.23. The number of aromatic nitrogens is 2. The summed E-state index contributed by atoms with van der Waals surface area (Å²) in [5.41, 5.74) is 1.33. The van der Waals surface area contributed by atoms with Gasteiger partial charge in [-0.25, -0.2) is 0 Å². The van der Waals surface area contributed by atoms with Crippen LogP contribution in [0.3, 0.4) is 0 Å². The molecule has 1 aromatic carbocycles. The van der Waals surface area contributed by atoms with Gasteiger partial charge in [-0.1, -0.05) is 19.1 Å². The van der Waals surface area contributed by atoms with Crippen molar-refractivity contribution in [1.82, 2.24) is 24.9 Å². The lowest BCUT2D eigenvalue weighted by atomic mass is 9.86. The van der Waals surface area contributed by atoms with Crippen LogP contribution in [0, 0.1) is 0 Å². The van der Waals surface area contributed by atoms with Crippen molar-refractivity contribution in [3.05, 3.63) is 53.9 Å². The Morgan fingerprint density at radius 1 is 1.03 bits per heavy atom. The number of nitrogens with zero attached hydrogens (tertiary/aromatic N) is 4. The molecule has 1 aromatic heterocycles. The van der Waals surface area contributed by atoms with Crippen LogP contribution in [0.1, 0.15) is 35.7 Å². The van der Waals surface area contributed by atoms with Crippen molar-refractivity contribution in [2.75, 3.05) is 39.3 Å². The minimum Gasteiger partial charge on any atom is -0.337 e. The van der Waals surface area contributed by atoms with Gasteiger partial charge in [-0.3, -0.25) is 14.3 Å². The standard InChI is InChI=1S/C22H29N5O2/c1-2-18-4-6-19(7-5-18)20(28)25-14-16-26(17-15-25)21(29)22(8-11-23-12-9-22)27-13-3-10-24-27/h3-7,10,13,23H,2,8-9,11-12,14-17H2,1H3. The summed E-state index contributed by atoms with van der Waals surface area (Å²) in [6, 6.07) is 9.70. The molecule has 0 atom stereocenters. The van der Waals surface area contributed by atoms with E-state index in [0.29, 0.717) is 31.7 Å².